The Morgan fingerprint density at radius 3 is 1.98 bits per heavy atom. The molecule has 0 fully saturated rings. The highest BCUT2D eigenvalue weighted by Gasteiger charge is 2.41. The first-order valence-electron chi connectivity index (χ1n) is 12.6. The minimum atomic E-state index is -4.56. The van der Waals surface area contributed by atoms with Crippen molar-refractivity contribution in [3.8, 4) is 34.1 Å². The van der Waals surface area contributed by atoms with E-state index in [4.69, 9.17) is 11.0 Å². The molecule has 1 aliphatic heterocycles. The standard InChI is InChI=1S/C31H20F7N3O/c32-24-10-20(11-25(33)23(24)14-40)22-6-5-21(12-26(22)34)42-31(37,38)30-27(35)8-19(9-28(30)36)17-1-3-18(4-2-17)29-7-16(13-39)15-41-29/h1-6,8-12,15-16,29H,7,13,39H2/t16?,29-/m0/s1. The molecule has 2 atom stereocenters. The minimum Gasteiger partial charge on any atom is -0.429 e. The van der Waals surface area contributed by atoms with Crippen molar-refractivity contribution in [2.45, 2.75) is 18.6 Å². The number of nitrogens with zero attached hydrogens (tertiary/aromatic N) is 2. The van der Waals surface area contributed by atoms with Crippen LogP contribution < -0.4 is 10.5 Å². The number of ether oxygens (including phenoxy) is 1. The zero-order valence-corrected chi connectivity index (χ0v) is 21.5. The summed E-state index contributed by atoms with van der Waals surface area (Å²) in [6.45, 7) is 0.471. The zero-order chi connectivity index (χ0) is 30.2. The van der Waals surface area contributed by atoms with Gasteiger partial charge in [-0.05, 0) is 65.1 Å². The molecule has 4 aromatic carbocycles. The molecule has 0 radical (unpaired) electrons. The van der Waals surface area contributed by atoms with E-state index in [1.54, 1.807) is 30.5 Å². The van der Waals surface area contributed by atoms with Gasteiger partial charge in [0, 0.05) is 30.3 Å². The van der Waals surface area contributed by atoms with Crippen LogP contribution in [0.3, 0.4) is 0 Å². The van der Waals surface area contributed by atoms with Crippen LogP contribution in [0.15, 0.2) is 71.7 Å². The van der Waals surface area contributed by atoms with Crippen molar-refractivity contribution in [1.82, 2.24) is 0 Å². The summed E-state index contributed by atoms with van der Waals surface area (Å²) in [7, 11) is 0. The van der Waals surface area contributed by atoms with Gasteiger partial charge in [0.05, 0.1) is 6.04 Å². The maximum absolute atomic E-state index is 15.0. The number of alkyl halides is 2. The lowest BCUT2D eigenvalue weighted by Crippen LogP contribution is -2.25. The SMILES string of the molecule is N#Cc1c(F)cc(-c2ccc(OC(F)(F)c3c(F)cc(-c4ccc([C@@H]5CC(CN)C=N5)cc4)cc3F)cc2F)cc1F. The Bertz CT molecular complexity index is 1690. The molecule has 4 aromatic rings. The van der Waals surface area contributed by atoms with Gasteiger partial charge in [-0.2, -0.15) is 14.0 Å². The largest absolute Gasteiger partial charge is 0.432 e. The lowest BCUT2D eigenvalue weighted by Gasteiger charge is -2.20. The molecule has 0 aliphatic carbocycles. The number of rotatable bonds is 7. The van der Waals surface area contributed by atoms with Crippen LogP contribution in [-0.2, 0) is 6.11 Å². The molecular formula is C31H20F7N3O. The molecule has 2 N–H and O–H groups in total. The fraction of sp³-hybridized carbons (Fsp3) is 0.161. The fourth-order valence-electron chi connectivity index (χ4n) is 4.76. The third-order valence-electron chi connectivity index (χ3n) is 6.92. The van der Waals surface area contributed by atoms with Crippen LogP contribution in [0.4, 0.5) is 30.7 Å². The van der Waals surface area contributed by atoms with Crippen molar-refractivity contribution in [3.63, 3.8) is 0 Å². The van der Waals surface area contributed by atoms with Crippen molar-refractivity contribution >= 4 is 6.21 Å². The monoisotopic (exact) mass is 583 g/mol. The van der Waals surface area contributed by atoms with Gasteiger partial charge in [0.25, 0.3) is 0 Å². The normalized spacial score (nSPS) is 16.5. The number of benzene rings is 4. The number of aliphatic imine (C=N–C) groups is 1. The zero-order valence-electron chi connectivity index (χ0n) is 21.5. The van der Waals surface area contributed by atoms with Crippen molar-refractivity contribution in [2.75, 3.05) is 6.54 Å². The molecule has 1 aliphatic rings. The summed E-state index contributed by atoms with van der Waals surface area (Å²) in [6.07, 6.45) is -2.02. The highest BCUT2D eigenvalue weighted by Crippen LogP contribution is 2.39. The Morgan fingerprint density at radius 2 is 1.43 bits per heavy atom. The molecule has 0 spiro atoms. The van der Waals surface area contributed by atoms with E-state index in [9.17, 15) is 30.7 Å². The van der Waals surface area contributed by atoms with Crippen molar-refractivity contribution < 1.29 is 35.5 Å². The van der Waals surface area contributed by atoms with Crippen LogP contribution in [0.25, 0.3) is 22.3 Å². The van der Waals surface area contributed by atoms with Gasteiger partial charge in [0.15, 0.2) is 0 Å². The molecule has 0 amide bonds. The summed E-state index contributed by atoms with van der Waals surface area (Å²) < 4.78 is 107. The minimum absolute atomic E-state index is 0.00290. The van der Waals surface area contributed by atoms with E-state index in [1.165, 1.54) is 6.07 Å². The Kier molecular flexibility index (Phi) is 7.75. The molecular weight excluding hydrogens is 563 g/mol. The Morgan fingerprint density at radius 1 is 0.810 bits per heavy atom. The summed E-state index contributed by atoms with van der Waals surface area (Å²) >= 11 is 0. The molecule has 1 unspecified atom stereocenters. The number of nitrogens with two attached hydrogens (primary N) is 1. The van der Waals surface area contributed by atoms with Gasteiger partial charge in [-0.1, -0.05) is 24.3 Å². The second-order valence-electron chi connectivity index (χ2n) is 9.67. The Hall–Kier alpha value is -4.69. The van der Waals surface area contributed by atoms with Crippen LogP contribution in [0, 0.1) is 46.3 Å². The van der Waals surface area contributed by atoms with Crippen LogP contribution in [0.5, 0.6) is 5.75 Å². The van der Waals surface area contributed by atoms with E-state index < -0.39 is 52.1 Å². The van der Waals surface area contributed by atoms with Gasteiger partial charge in [0.2, 0.25) is 0 Å². The van der Waals surface area contributed by atoms with Crippen molar-refractivity contribution in [3.05, 3.63) is 113 Å². The summed E-state index contributed by atoms with van der Waals surface area (Å²) in [4.78, 5) is 4.41. The molecule has 214 valence electrons. The van der Waals surface area contributed by atoms with Gasteiger partial charge in [-0.3, -0.25) is 4.99 Å². The van der Waals surface area contributed by atoms with E-state index in [-0.39, 0.29) is 28.7 Å². The lowest BCUT2D eigenvalue weighted by atomic mass is 9.96. The molecule has 11 heteroatoms. The third-order valence-corrected chi connectivity index (χ3v) is 6.92. The second-order valence-corrected chi connectivity index (χ2v) is 9.67. The summed E-state index contributed by atoms with van der Waals surface area (Å²) in [5.74, 6) is -7.52. The van der Waals surface area contributed by atoms with Crippen LogP contribution in [-0.4, -0.2) is 12.8 Å². The van der Waals surface area contributed by atoms with E-state index >= 15 is 0 Å². The van der Waals surface area contributed by atoms with Gasteiger partial charge in [0.1, 0.15) is 52.0 Å². The molecule has 0 saturated heterocycles. The molecule has 4 nitrogen and oxygen atoms in total. The number of hydrogen-bond acceptors (Lipinski definition) is 4. The number of halogens is 7. The molecule has 0 saturated carbocycles. The molecule has 5 rings (SSSR count). The predicted molar refractivity (Wildman–Crippen MR) is 141 cm³/mol. The third kappa shape index (κ3) is 5.58. The first kappa shape index (κ1) is 28.8. The fourth-order valence-corrected chi connectivity index (χ4v) is 4.76. The average Bonchev–Trinajstić information content (AvgIpc) is 3.42. The highest BCUT2D eigenvalue weighted by atomic mass is 19.3. The van der Waals surface area contributed by atoms with Gasteiger partial charge < -0.3 is 10.5 Å². The molecule has 1 heterocycles. The first-order chi connectivity index (χ1) is 20.0. The predicted octanol–water partition coefficient (Wildman–Crippen LogP) is 7.81. The topological polar surface area (TPSA) is 71.4 Å². The van der Waals surface area contributed by atoms with E-state index in [2.05, 4.69) is 9.73 Å². The molecule has 0 aromatic heterocycles. The van der Waals surface area contributed by atoms with Crippen LogP contribution in [0.1, 0.15) is 29.2 Å². The second kappa shape index (κ2) is 11.3. The average molecular weight is 584 g/mol. The van der Waals surface area contributed by atoms with Gasteiger partial charge in [-0.15, -0.1) is 0 Å². The molecule has 0 bridgehead atoms. The maximum Gasteiger partial charge on any atom is 0.432 e. The van der Waals surface area contributed by atoms with E-state index in [0.717, 1.165) is 36.2 Å². The first-order valence-corrected chi connectivity index (χ1v) is 12.6. The van der Waals surface area contributed by atoms with E-state index in [1.807, 2.05) is 0 Å². The summed E-state index contributed by atoms with van der Waals surface area (Å²) in [6, 6.07) is 13.0. The quantitative estimate of drug-likeness (QED) is 0.226. The van der Waals surface area contributed by atoms with Crippen molar-refractivity contribution in [1.29, 1.82) is 5.26 Å². The highest BCUT2D eigenvalue weighted by molar-refractivity contribution is 5.68. The van der Waals surface area contributed by atoms with Crippen LogP contribution >= 0.6 is 0 Å². The number of hydrogen-bond donors (Lipinski definition) is 1. The van der Waals surface area contributed by atoms with Gasteiger partial charge >= 0.3 is 6.11 Å². The van der Waals surface area contributed by atoms with E-state index in [0.29, 0.717) is 30.3 Å². The van der Waals surface area contributed by atoms with Crippen molar-refractivity contribution in [2.24, 2.45) is 16.6 Å². The summed E-state index contributed by atoms with van der Waals surface area (Å²) in [5, 5.41) is 8.78. The van der Waals surface area contributed by atoms with Crippen LogP contribution in [0.2, 0.25) is 0 Å². The lowest BCUT2D eigenvalue weighted by molar-refractivity contribution is -0.189. The Balaban J connectivity index is 1.37. The summed E-state index contributed by atoms with van der Waals surface area (Å²) in [5.41, 5.74) is 3.66. The molecule has 42 heavy (non-hydrogen) atoms. The smallest absolute Gasteiger partial charge is 0.429 e. The number of nitriles is 1. The van der Waals surface area contributed by atoms with Gasteiger partial charge in [-0.25, -0.2) is 22.0 Å². The Labute approximate surface area is 235 Å². The maximum atomic E-state index is 15.0.